The molecule has 0 radical (unpaired) electrons. The molecule has 2 N–H and O–H groups in total. The maximum atomic E-state index is 12.8. The summed E-state index contributed by atoms with van der Waals surface area (Å²) in [5.41, 5.74) is 1.72. The lowest BCUT2D eigenvalue weighted by atomic mass is 9.84. The van der Waals surface area contributed by atoms with Gasteiger partial charge in [-0.05, 0) is 37.0 Å². The Hall–Kier alpha value is -1.97. The van der Waals surface area contributed by atoms with Crippen molar-refractivity contribution in [3.8, 4) is 11.5 Å². The van der Waals surface area contributed by atoms with E-state index in [9.17, 15) is 4.79 Å². The second-order valence-electron chi connectivity index (χ2n) is 7.95. The van der Waals surface area contributed by atoms with Gasteiger partial charge < -0.3 is 25.0 Å². The zero-order valence-corrected chi connectivity index (χ0v) is 21.7. The number of carbonyl (C=O) groups excluding carboxylic acids is 1. The van der Waals surface area contributed by atoms with Crippen molar-refractivity contribution in [2.24, 2.45) is 10.4 Å². The average Bonchev–Trinajstić information content (AvgIpc) is 3.23. The molecule has 1 aromatic rings. The van der Waals surface area contributed by atoms with Crippen LogP contribution in [-0.4, -0.2) is 58.7 Å². The monoisotopic (exact) mass is 544 g/mol. The molecule has 0 unspecified atom stereocenters. The predicted octanol–water partition coefficient (Wildman–Crippen LogP) is 3.36. The van der Waals surface area contributed by atoms with Crippen molar-refractivity contribution in [2.75, 3.05) is 41.9 Å². The summed E-state index contributed by atoms with van der Waals surface area (Å²) in [6.45, 7) is 4.98. The Kier molecular flexibility index (Phi) is 11.2. The predicted molar refractivity (Wildman–Crippen MR) is 137 cm³/mol. The highest BCUT2D eigenvalue weighted by Crippen LogP contribution is 2.39. The minimum atomic E-state index is -0.346. The summed E-state index contributed by atoms with van der Waals surface area (Å²) in [6, 6.07) is 4.04. The standard InChI is InChI=1S/C23H36N4O3.HI/c1-7-10-18-13-17(14-19(29-5)20(18)30-6)15-25-22(24-2)26-16-23(11-8-9-12-23)21(28)27(3)4;/h7,13-14H,1,8-12,15-16H2,2-6H3,(H2,24,25,26);1H. The van der Waals surface area contributed by atoms with Crippen LogP contribution in [0.1, 0.15) is 36.8 Å². The van der Waals surface area contributed by atoms with Gasteiger partial charge in [0.1, 0.15) is 0 Å². The summed E-state index contributed by atoms with van der Waals surface area (Å²) in [5.74, 6) is 2.29. The second-order valence-corrected chi connectivity index (χ2v) is 7.95. The molecule has 31 heavy (non-hydrogen) atoms. The number of nitrogens with zero attached hydrogens (tertiary/aromatic N) is 2. The largest absolute Gasteiger partial charge is 0.493 e. The van der Waals surface area contributed by atoms with Gasteiger partial charge in [-0.25, -0.2) is 0 Å². The van der Waals surface area contributed by atoms with E-state index in [1.807, 2.05) is 26.2 Å². The van der Waals surface area contributed by atoms with Gasteiger partial charge in [-0.1, -0.05) is 18.9 Å². The fraction of sp³-hybridized carbons (Fsp3) is 0.565. The Bertz CT molecular complexity index is 774. The van der Waals surface area contributed by atoms with Gasteiger partial charge in [-0.15, -0.1) is 30.6 Å². The number of hydrogen-bond acceptors (Lipinski definition) is 4. The van der Waals surface area contributed by atoms with E-state index in [-0.39, 0.29) is 35.3 Å². The van der Waals surface area contributed by atoms with E-state index in [0.717, 1.165) is 42.6 Å². The van der Waals surface area contributed by atoms with Crippen molar-refractivity contribution in [2.45, 2.75) is 38.6 Å². The number of carbonyl (C=O) groups is 1. The van der Waals surface area contributed by atoms with Gasteiger partial charge in [0.05, 0.1) is 19.6 Å². The first-order valence-electron chi connectivity index (χ1n) is 10.4. The zero-order chi connectivity index (χ0) is 22.1. The van der Waals surface area contributed by atoms with E-state index in [2.05, 4.69) is 28.3 Å². The highest BCUT2D eigenvalue weighted by atomic mass is 127. The fourth-order valence-corrected chi connectivity index (χ4v) is 4.17. The van der Waals surface area contributed by atoms with E-state index in [0.29, 0.717) is 31.2 Å². The average molecular weight is 544 g/mol. The number of halogens is 1. The van der Waals surface area contributed by atoms with Crippen molar-refractivity contribution in [3.63, 3.8) is 0 Å². The van der Waals surface area contributed by atoms with E-state index >= 15 is 0 Å². The van der Waals surface area contributed by atoms with Gasteiger partial charge in [-0.2, -0.15) is 0 Å². The van der Waals surface area contributed by atoms with Gasteiger partial charge >= 0.3 is 0 Å². The number of methoxy groups -OCH3 is 2. The Morgan fingerprint density at radius 2 is 1.90 bits per heavy atom. The molecular weight excluding hydrogens is 507 g/mol. The molecule has 0 spiro atoms. The lowest BCUT2D eigenvalue weighted by molar-refractivity contribution is -0.138. The number of benzene rings is 1. The first-order valence-corrected chi connectivity index (χ1v) is 10.4. The lowest BCUT2D eigenvalue weighted by Gasteiger charge is -2.31. The van der Waals surface area contributed by atoms with Crippen LogP contribution in [-0.2, 0) is 17.8 Å². The molecule has 0 atom stereocenters. The maximum absolute atomic E-state index is 12.8. The number of rotatable bonds is 9. The summed E-state index contributed by atoms with van der Waals surface area (Å²) in [4.78, 5) is 18.8. The molecule has 0 aliphatic heterocycles. The van der Waals surface area contributed by atoms with Gasteiger partial charge in [-0.3, -0.25) is 9.79 Å². The molecule has 1 aromatic carbocycles. The van der Waals surface area contributed by atoms with Gasteiger partial charge in [0.2, 0.25) is 5.91 Å². The van der Waals surface area contributed by atoms with Crippen LogP contribution in [0.4, 0.5) is 0 Å². The number of ether oxygens (including phenoxy) is 2. The topological polar surface area (TPSA) is 75.2 Å². The van der Waals surface area contributed by atoms with Gasteiger partial charge in [0, 0.05) is 39.8 Å². The first kappa shape index (κ1) is 27.1. The molecule has 0 bridgehead atoms. The summed E-state index contributed by atoms with van der Waals surface area (Å²) < 4.78 is 11.0. The van der Waals surface area contributed by atoms with E-state index < -0.39 is 0 Å². The van der Waals surface area contributed by atoms with Crippen LogP contribution in [0.5, 0.6) is 11.5 Å². The van der Waals surface area contributed by atoms with Crippen molar-refractivity contribution in [3.05, 3.63) is 35.9 Å². The normalized spacial score (nSPS) is 14.9. The molecule has 1 saturated carbocycles. The smallest absolute Gasteiger partial charge is 0.230 e. The van der Waals surface area contributed by atoms with Crippen LogP contribution in [0.25, 0.3) is 0 Å². The summed E-state index contributed by atoms with van der Waals surface area (Å²) in [5, 5.41) is 6.71. The molecule has 0 heterocycles. The molecular formula is C23H37IN4O3. The first-order chi connectivity index (χ1) is 14.4. The Balaban J connectivity index is 0.00000480. The molecule has 1 aliphatic carbocycles. The summed E-state index contributed by atoms with van der Waals surface area (Å²) >= 11 is 0. The molecule has 8 heteroatoms. The fourth-order valence-electron chi connectivity index (χ4n) is 4.17. The zero-order valence-electron chi connectivity index (χ0n) is 19.4. The molecule has 0 saturated heterocycles. The van der Waals surface area contributed by atoms with E-state index in [1.54, 1.807) is 26.2 Å². The minimum absolute atomic E-state index is 0. The third kappa shape index (κ3) is 6.75. The second kappa shape index (κ2) is 12.8. The SMILES string of the molecule is C=CCc1cc(CNC(=NC)NCC2(C(=O)N(C)C)CCCC2)cc(OC)c1OC.I. The van der Waals surface area contributed by atoms with Crippen LogP contribution in [0.15, 0.2) is 29.8 Å². The van der Waals surface area contributed by atoms with Crippen molar-refractivity contribution in [1.29, 1.82) is 0 Å². The van der Waals surface area contributed by atoms with E-state index in [4.69, 9.17) is 9.47 Å². The molecule has 1 amide bonds. The number of amides is 1. The van der Waals surface area contributed by atoms with Crippen LogP contribution in [0, 0.1) is 5.41 Å². The Morgan fingerprint density at radius 1 is 1.23 bits per heavy atom. The van der Waals surface area contributed by atoms with Gasteiger partial charge in [0.25, 0.3) is 0 Å². The molecule has 7 nitrogen and oxygen atoms in total. The molecule has 1 aliphatic rings. The summed E-state index contributed by atoms with van der Waals surface area (Å²) in [7, 11) is 8.67. The third-order valence-electron chi connectivity index (χ3n) is 5.68. The van der Waals surface area contributed by atoms with Crippen LogP contribution < -0.4 is 20.1 Å². The highest BCUT2D eigenvalue weighted by Gasteiger charge is 2.42. The summed E-state index contributed by atoms with van der Waals surface area (Å²) in [6.07, 6.45) is 6.53. The number of allylic oxidation sites excluding steroid dienone is 1. The maximum Gasteiger partial charge on any atom is 0.230 e. The van der Waals surface area contributed by atoms with E-state index in [1.165, 1.54) is 0 Å². The quantitative estimate of drug-likeness (QED) is 0.216. The number of guanidine groups is 1. The number of nitrogens with one attached hydrogen (secondary N) is 2. The third-order valence-corrected chi connectivity index (χ3v) is 5.68. The minimum Gasteiger partial charge on any atom is -0.493 e. The van der Waals surface area contributed by atoms with Crippen LogP contribution >= 0.6 is 24.0 Å². The number of hydrogen-bond donors (Lipinski definition) is 2. The Morgan fingerprint density at radius 3 is 2.42 bits per heavy atom. The van der Waals surface area contributed by atoms with Crippen molar-refractivity contribution >= 4 is 35.8 Å². The number of aliphatic imine (C=N–C) groups is 1. The molecule has 2 rings (SSSR count). The molecule has 0 aromatic heterocycles. The van der Waals surface area contributed by atoms with Crippen molar-refractivity contribution < 1.29 is 14.3 Å². The highest BCUT2D eigenvalue weighted by molar-refractivity contribution is 14.0. The molecule has 174 valence electrons. The van der Waals surface area contributed by atoms with Crippen LogP contribution in [0.2, 0.25) is 0 Å². The van der Waals surface area contributed by atoms with Gasteiger partial charge in [0.15, 0.2) is 17.5 Å². The van der Waals surface area contributed by atoms with Crippen LogP contribution in [0.3, 0.4) is 0 Å². The van der Waals surface area contributed by atoms with Crippen molar-refractivity contribution in [1.82, 2.24) is 15.5 Å². The molecule has 1 fully saturated rings. The Labute approximate surface area is 203 Å². The lowest BCUT2D eigenvalue weighted by Crippen LogP contribution is -2.49.